The Hall–Kier alpha value is -3.21. The summed E-state index contributed by atoms with van der Waals surface area (Å²) in [4.78, 5) is 23.0. The average Bonchev–Trinajstić information content (AvgIpc) is 3.11. The first-order chi connectivity index (χ1) is 11.7. The Morgan fingerprint density at radius 1 is 1.17 bits per heavy atom. The first-order valence-corrected chi connectivity index (χ1v) is 7.76. The van der Waals surface area contributed by atoms with Crippen molar-refractivity contribution in [3.05, 3.63) is 88.4 Å². The molecule has 0 saturated heterocycles. The number of nitrogens with one attached hydrogen (secondary N) is 1. The van der Waals surface area contributed by atoms with Gasteiger partial charge in [-0.15, -0.1) is 0 Å². The quantitative estimate of drug-likeness (QED) is 0.632. The Balaban J connectivity index is 1.75. The number of aromatic nitrogens is 4. The lowest BCUT2D eigenvalue weighted by atomic mass is 10.0. The van der Waals surface area contributed by atoms with Crippen LogP contribution in [0.25, 0.3) is 16.7 Å². The molecule has 0 fully saturated rings. The first-order valence-electron chi connectivity index (χ1n) is 7.76. The highest BCUT2D eigenvalue weighted by Crippen LogP contribution is 2.20. The molecule has 118 valence electrons. The van der Waals surface area contributed by atoms with Gasteiger partial charge in [0.1, 0.15) is 5.69 Å². The maximum Gasteiger partial charge on any atom is 0.269 e. The van der Waals surface area contributed by atoms with Crippen molar-refractivity contribution in [1.82, 2.24) is 19.5 Å². The third-order valence-electron chi connectivity index (χ3n) is 4.10. The number of rotatable bonds is 3. The zero-order valence-corrected chi connectivity index (χ0v) is 13.2. The van der Waals surface area contributed by atoms with Gasteiger partial charge in [0.25, 0.3) is 5.56 Å². The molecule has 0 radical (unpaired) electrons. The molecule has 1 N–H and O–H groups in total. The minimum absolute atomic E-state index is 0.138. The number of fused-ring (bicyclic) bond motifs is 1. The first kappa shape index (κ1) is 14.4. The minimum atomic E-state index is -0.138. The van der Waals surface area contributed by atoms with Crippen LogP contribution in [0.4, 0.5) is 0 Å². The van der Waals surface area contributed by atoms with Crippen LogP contribution < -0.4 is 5.56 Å². The van der Waals surface area contributed by atoms with Crippen molar-refractivity contribution in [3.63, 3.8) is 0 Å². The van der Waals surface area contributed by atoms with Crippen LogP contribution in [0.3, 0.4) is 0 Å². The van der Waals surface area contributed by atoms with Gasteiger partial charge in [0.05, 0.1) is 17.4 Å². The normalized spacial score (nSPS) is 11.0. The Morgan fingerprint density at radius 2 is 2.04 bits per heavy atom. The summed E-state index contributed by atoms with van der Waals surface area (Å²) in [7, 11) is 0. The molecule has 5 heteroatoms. The highest BCUT2D eigenvalue weighted by atomic mass is 16.1. The molecule has 2 aromatic carbocycles. The number of hydrogen-bond acceptors (Lipinski definition) is 3. The van der Waals surface area contributed by atoms with Crippen LogP contribution >= 0.6 is 0 Å². The molecule has 24 heavy (non-hydrogen) atoms. The van der Waals surface area contributed by atoms with Crippen molar-refractivity contribution in [1.29, 1.82) is 0 Å². The molecule has 0 saturated carbocycles. The lowest BCUT2D eigenvalue weighted by molar-refractivity contribution is 1.02. The van der Waals surface area contributed by atoms with Crippen LogP contribution in [0.2, 0.25) is 0 Å². The van der Waals surface area contributed by atoms with Gasteiger partial charge in [0, 0.05) is 18.1 Å². The average molecular weight is 316 g/mol. The molecule has 0 atom stereocenters. The van der Waals surface area contributed by atoms with E-state index in [1.807, 2.05) is 41.1 Å². The van der Waals surface area contributed by atoms with Crippen LogP contribution in [-0.2, 0) is 6.42 Å². The van der Waals surface area contributed by atoms with Crippen molar-refractivity contribution < 1.29 is 0 Å². The summed E-state index contributed by atoms with van der Waals surface area (Å²) in [6.07, 6.45) is 6.30. The van der Waals surface area contributed by atoms with E-state index < -0.39 is 0 Å². The van der Waals surface area contributed by atoms with Crippen LogP contribution in [0.5, 0.6) is 0 Å². The molecule has 0 aliphatic heterocycles. The van der Waals surface area contributed by atoms with E-state index in [1.165, 1.54) is 5.56 Å². The standard InChI is InChI=1S/C19H16N4O/c1-13-19(24)22-16-7-6-14(11-17(16)21-13)10-15-4-2-3-5-18(15)23-9-8-20-12-23/h2-9,11-12H,10H2,1H3,(H,22,24). The SMILES string of the molecule is Cc1nc2cc(Cc3ccccc3-n3ccnc3)ccc2[nH]c1=O. The number of aromatic amines is 1. The second kappa shape index (κ2) is 5.77. The molecule has 2 aromatic heterocycles. The van der Waals surface area contributed by atoms with Gasteiger partial charge in [0.2, 0.25) is 0 Å². The van der Waals surface area contributed by atoms with E-state index in [0.29, 0.717) is 5.69 Å². The summed E-state index contributed by atoms with van der Waals surface area (Å²) in [5.74, 6) is 0. The van der Waals surface area contributed by atoms with E-state index in [9.17, 15) is 4.79 Å². The summed E-state index contributed by atoms with van der Waals surface area (Å²) in [5, 5.41) is 0. The monoisotopic (exact) mass is 316 g/mol. The van der Waals surface area contributed by atoms with Gasteiger partial charge in [-0.1, -0.05) is 24.3 Å². The smallest absolute Gasteiger partial charge is 0.269 e. The summed E-state index contributed by atoms with van der Waals surface area (Å²) in [5.41, 5.74) is 5.38. The van der Waals surface area contributed by atoms with Crippen molar-refractivity contribution in [2.45, 2.75) is 13.3 Å². The molecule has 0 aliphatic carbocycles. The zero-order chi connectivity index (χ0) is 16.5. The molecule has 0 unspecified atom stereocenters. The van der Waals surface area contributed by atoms with Crippen LogP contribution in [-0.4, -0.2) is 19.5 Å². The third-order valence-corrected chi connectivity index (χ3v) is 4.10. The molecule has 0 aliphatic rings. The van der Waals surface area contributed by atoms with Crippen molar-refractivity contribution >= 4 is 11.0 Å². The maximum atomic E-state index is 11.7. The highest BCUT2D eigenvalue weighted by molar-refractivity contribution is 5.75. The summed E-state index contributed by atoms with van der Waals surface area (Å²) in [6, 6.07) is 14.2. The van der Waals surface area contributed by atoms with Crippen molar-refractivity contribution in [3.8, 4) is 5.69 Å². The van der Waals surface area contributed by atoms with Gasteiger partial charge < -0.3 is 9.55 Å². The summed E-state index contributed by atoms with van der Waals surface area (Å²) >= 11 is 0. The molecular weight excluding hydrogens is 300 g/mol. The second-order valence-electron chi connectivity index (χ2n) is 5.78. The molecule has 0 bridgehead atoms. The predicted molar refractivity (Wildman–Crippen MR) is 93.5 cm³/mol. The second-order valence-corrected chi connectivity index (χ2v) is 5.78. The fourth-order valence-corrected chi connectivity index (χ4v) is 2.86. The Kier molecular flexibility index (Phi) is 3.46. The van der Waals surface area contributed by atoms with Crippen LogP contribution in [0.15, 0.2) is 66.0 Å². The molecular formula is C19H16N4O. The van der Waals surface area contributed by atoms with Gasteiger partial charge >= 0.3 is 0 Å². The minimum Gasteiger partial charge on any atom is -0.319 e. The van der Waals surface area contributed by atoms with E-state index >= 15 is 0 Å². The van der Waals surface area contributed by atoms with Crippen molar-refractivity contribution in [2.24, 2.45) is 0 Å². The molecule has 0 amide bonds. The number of benzene rings is 2. The van der Waals surface area contributed by atoms with Gasteiger partial charge in [-0.3, -0.25) is 4.79 Å². The van der Waals surface area contributed by atoms with Gasteiger partial charge in [0.15, 0.2) is 0 Å². The third kappa shape index (κ3) is 2.60. The van der Waals surface area contributed by atoms with E-state index in [1.54, 1.807) is 19.4 Å². The van der Waals surface area contributed by atoms with Gasteiger partial charge in [-0.25, -0.2) is 9.97 Å². The number of aryl methyl sites for hydroxylation is 1. The summed E-state index contributed by atoms with van der Waals surface area (Å²) < 4.78 is 2.01. The summed E-state index contributed by atoms with van der Waals surface area (Å²) in [6.45, 7) is 1.72. The number of para-hydroxylation sites is 1. The fourth-order valence-electron chi connectivity index (χ4n) is 2.86. The molecule has 5 nitrogen and oxygen atoms in total. The topological polar surface area (TPSA) is 63.6 Å². The lowest BCUT2D eigenvalue weighted by Gasteiger charge is -2.10. The van der Waals surface area contributed by atoms with Crippen LogP contribution in [0, 0.1) is 6.92 Å². The predicted octanol–water partition coefficient (Wildman–Crippen LogP) is 3.01. The molecule has 0 spiro atoms. The number of imidazole rings is 1. The Labute approximate surface area is 138 Å². The van der Waals surface area contributed by atoms with Gasteiger partial charge in [-0.05, 0) is 42.7 Å². The molecule has 4 aromatic rings. The zero-order valence-electron chi connectivity index (χ0n) is 13.2. The van der Waals surface area contributed by atoms with E-state index in [-0.39, 0.29) is 5.56 Å². The lowest BCUT2D eigenvalue weighted by Crippen LogP contribution is -2.11. The number of H-pyrrole nitrogens is 1. The highest BCUT2D eigenvalue weighted by Gasteiger charge is 2.07. The number of nitrogens with zero attached hydrogens (tertiary/aromatic N) is 3. The Bertz CT molecular complexity index is 1060. The van der Waals surface area contributed by atoms with Crippen molar-refractivity contribution in [2.75, 3.05) is 0 Å². The fraction of sp³-hybridized carbons (Fsp3) is 0.105. The van der Waals surface area contributed by atoms with E-state index in [0.717, 1.165) is 28.7 Å². The maximum absolute atomic E-state index is 11.7. The van der Waals surface area contributed by atoms with E-state index in [4.69, 9.17) is 0 Å². The Morgan fingerprint density at radius 3 is 2.88 bits per heavy atom. The largest absolute Gasteiger partial charge is 0.319 e. The molecule has 4 rings (SSSR count). The molecule has 2 heterocycles. The van der Waals surface area contributed by atoms with Gasteiger partial charge in [-0.2, -0.15) is 0 Å². The van der Waals surface area contributed by atoms with Crippen LogP contribution in [0.1, 0.15) is 16.8 Å². The van der Waals surface area contributed by atoms with E-state index in [2.05, 4.69) is 27.1 Å². The number of hydrogen-bond donors (Lipinski definition) is 1.